The monoisotopic (exact) mass is 206 g/mol. The van der Waals surface area contributed by atoms with Gasteiger partial charge in [0.1, 0.15) is 0 Å². The lowest BCUT2D eigenvalue weighted by Crippen LogP contribution is -2.36. The predicted molar refractivity (Wildman–Crippen MR) is 62.9 cm³/mol. The normalized spacial score (nSPS) is 9.93. The summed E-state index contributed by atoms with van der Waals surface area (Å²) in [6.07, 6.45) is 3.26. The maximum Gasteiger partial charge on any atom is 0.319 e. The molecule has 0 atom stereocenters. The van der Waals surface area contributed by atoms with Crippen LogP contribution in [0.2, 0.25) is 0 Å². The molecule has 15 heavy (non-hydrogen) atoms. The SMILES string of the molecule is CCCCCN(C(N)=O)c1ccccc1. The number of anilines is 1. The smallest absolute Gasteiger partial charge is 0.319 e. The highest BCUT2D eigenvalue weighted by Crippen LogP contribution is 2.13. The zero-order valence-corrected chi connectivity index (χ0v) is 9.15. The minimum Gasteiger partial charge on any atom is -0.351 e. The van der Waals surface area contributed by atoms with Crippen LogP contribution in [0.25, 0.3) is 0 Å². The number of para-hydroxylation sites is 1. The number of hydrogen-bond donors (Lipinski definition) is 1. The molecule has 0 spiro atoms. The molecule has 3 nitrogen and oxygen atoms in total. The number of carbonyl (C=O) groups excluding carboxylic acids is 1. The highest BCUT2D eigenvalue weighted by Gasteiger charge is 2.10. The highest BCUT2D eigenvalue weighted by atomic mass is 16.2. The number of urea groups is 1. The second kappa shape index (κ2) is 6.06. The first-order valence-corrected chi connectivity index (χ1v) is 5.37. The number of nitrogens with two attached hydrogens (primary N) is 1. The number of primary amides is 1. The van der Waals surface area contributed by atoms with Gasteiger partial charge >= 0.3 is 6.03 Å². The van der Waals surface area contributed by atoms with Crippen LogP contribution in [-0.2, 0) is 0 Å². The van der Waals surface area contributed by atoms with Crippen LogP contribution >= 0.6 is 0 Å². The summed E-state index contributed by atoms with van der Waals surface area (Å²) in [4.78, 5) is 12.9. The van der Waals surface area contributed by atoms with Gasteiger partial charge in [0, 0.05) is 12.2 Å². The summed E-state index contributed by atoms with van der Waals surface area (Å²) in [5.74, 6) is 0. The largest absolute Gasteiger partial charge is 0.351 e. The molecule has 0 bridgehead atoms. The summed E-state index contributed by atoms with van der Waals surface area (Å²) in [6, 6.07) is 9.16. The molecule has 82 valence electrons. The lowest BCUT2D eigenvalue weighted by Gasteiger charge is -2.20. The maximum atomic E-state index is 11.2. The Morgan fingerprint density at radius 3 is 2.47 bits per heavy atom. The van der Waals surface area contributed by atoms with Gasteiger partial charge in [-0.05, 0) is 18.6 Å². The number of carbonyl (C=O) groups is 1. The Hall–Kier alpha value is -1.51. The average Bonchev–Trinajstić information content (AvgIpc) is 2.25. The second-order valence-electron chi connectivity index (χ2n) is 3.53. The van der Waals surface area contributed by atoms with Crippen molar-refractivity contribution < 1.29 is 4.79 Å². The Labute approximate surface area is 90.9 Å². The van der Waals surface area contributed by atoms with Crippen molar-refractivity contribution in [1.29, 1.82) is 0 Å². The molecule has 0 radical (unpaired) electrons. The summed E-state index contributed by atoms with van der Waals surface area (Å²) >= 11 is 0. The van der Waals surface area contributed by atoms with E-state index in [1.807, 2.05) is 30.3 Å². The number of unbranched alkanes of at least 4 members (excludes halogenated alkanes) is 2. The fourth-order valence-corrected chi connectivity index (χ4v) is 1.49. The van der Waals surface area contributed by atoms with Crippen molar-refractivity contribution in [1.82, 2.24) is 0 Å². The van der Waals surface area contributed by atoms with Crippen molar-refractivity contribution in [2.75, 3.05) is 11.4 Å². The minimum absolute atomic E-state index is 0.377. The molecule has 0 aliphatic heterocycles. The van der Waals surface area contributed by atoms with E-state index in [1.165, 1.54) is 0 Å². The molecule has 0 aromatic heterocycles. The van der Waals surface area contributed by atoms with E-state index >= 15 is 0 Å². The zero-order chi connectivity index (χ0) is 11.1. The molecular formula is C12H18N2O. The van der Waals surface area contributed by atoms with Crippen molar-refractivity contribution in [3.05, 3.63) is 30.3 Å². The van der Waals surface area contributed by atoms with Gasteiger partial charge in [-0.3, -0.25) is 4.90 Å². The van der Waals surface area contributed by atoms with Crippen molar-refractivity contribution >= 4 is 11.7 Å². The quantitative estimate of drug-likeness (QED) is 0.740. The van der Waals surface area contributed by atoms with Gasteiger partial charge in [-0.15, -0.1) is 0 Å². The first-order valence-electron chi connectivity index (χ1n) is 5.37. The van der Waals surface area contributed by atoms with Crippen LogP contribution in [0.4, 0.5) is 10.5 Å². The molecule has 0 saturated heterocycles. The van der Waals surface area contributed by atoms with E-state index in [1.54, 1.807) is 4.90 Å². The van der Waals surface area contributed by atoms with Gasteiger partial charge in [-0.25, -0.2) is 4.79 Å². The molecule has 0 aliphatic carbocycles. The Morgan fingerprint density at radius 2 is 1.93 bits per heavy atom. The van der Waals surface area contributed by atoms with E-state index in [0.29, 0.717) is 6.54 Å². The summed E-state index contributed by atoms with van der Waals surface area (Å²) < 4.78 is 0. The molecule has 1 aromatic rings. The third-order valence-corrected chi connectivity index (χ3v) is 2.32. The molecule has 2 amide bonds. The predicted octanol–water partition coefficient (Wildman–Crippen LogP) is 2.76. The van der Waals surface area contributed by atoms with E-state index < -0.39 is 0 Å². The first kappa shape index (κ1) is 11.6. The highest BCUT2D eigenvalue weighted by molar-refractivity contribution is 5.90. The number of rotatable bonds is 5. The maximum absolute atomic E-state index is 11.2. The van der Waals surface area contributed by atoms with Gasteiger partial charge in [0.05, 0.1) is 0 Å². The van der Waals surface area contributed by atoms with Gasteiger partial charge in [0.2, 0.25) is 0 Å². The van der Waals surface area contributed by atoms with Crippen LogP contribution in [0.5, 0.6) is 0 Å². The van der Waals surface area contributed by atoms with Crippen LogP contribution in [0.1, 0.15) is 26.2 Å². The third kappa shape index (κ3) is 3.62. The lowest BCUT2D eigenvalue weighted by molar-refractivity contribution is 0.253. The number of nitrogens with zero attached hydrogens (tertiary/aromatic N) is 1. The molecule has 3 heteroatoms. The lowest BCUT2D eigenvalue weighted by atomic mass is 10.2. The third-order valence-electron chi connectivity index (χ3n) is 2.32. The van der Waals surface area contributed by atoms with Gasteiger partial charge in [-0.1, -0.05) is 38.0 Å². The first-order chi connectivity index (χ1) is 7.25. The van der Waals surface area contributed by atoms with Crippen LogP contribution in [0.15, 0.2) is 30.3 Å². The Balaban J connectivity index is 2.62. The molecule has 0 saturated carbocycles. The molecule has 2 N–H and O–H groups in total. The summed E-state index contributed by atoms with van der Waals surface area (Å²) in [5, 5.41) is 0. The van der Waals surface area contributed by atoms with E-state index in [-0.39, 0.29) is 6.03 Å². The van der Waals surface area contributed by atoms with Crippen molar-refractivity contribution in [3.63, 3.8) is 0 Å². The van der Waals surface area contributed by atoms with Crippen LogP contribution in [0.3, 0.4) is 0 Å². The van der Waals surface area contributed by atoms with Crippen LogP contribution in [0, 0.1) is 0 Å². The molecule has 0 unspecified atom stereocenters. The van der Waals surface area contributed by atoms with E-state index in [0.717, 1.165) is 24.9 Å². The molecule has 1 aromatic carbocycles. The standard InChI is InChI=1S/C12H18N2O/c1-2-3-7-10-14(12(13)15)11-8-5-4-6-9-11/h4-6,8-9H,2-3,7,10H2,1H3,(H2,13,15). The second-order valence-corrected chi connectivity index (χ2v) is 3.53. The van der Waals surface area contributed by atoms with Gasteiger partial charge in [0.25, 0.3) is 0 Å². The fraction of sp³-hybridized carbons (Fsp3) is 0.417. The van der Waals surface area contributed by atoms with Crippen molar-refractivity contribution in [2.45, 2.75) is 26.2 Å². The summed E-state index contributed by atoms with van der Waals surface area (Å²) in [7, 11) is 0. The molecular weight excluding hydrogens is 188 g/mol. The zero-order valence-electron chi connectivity index (χ0n) is 9.15. The Morgan fingerprint density at radius 1 is 1.27 bits per heavy atom. The fourth-order valence-electron chi connectivity index (χ4n) is 1.49. The average molecular weight is 206 g/mol. The summed E-state index contributed by atoms with van der Waals surface area (Å²) in [5.41, 5.74) is 6.21. The van der Waals surface area contributed by atoms with Gasteiger partial charge < -0.3 is 5.73 Å². The van der Waals surface area contributed by atoms with Gasteiger partial charge in [-0.2, -0.15) is 0 Å². The number of hydrogen-bond acceptors (Lipinski definition) is 1. The molecule has 0 aliphatic rings. The topological polar surface area (TPSA) is 46.3 Å². The Kier molecular flexibility index (Phi) is 4.68. The van der Waals surface area contributed by atoms with Gasteiger partial charge in [0.15, 0.2) is 0 Å². The molecule has 1 rings (SSSR count). The molecule has 0 fully saturated rings. The summed E-state index contributed by atoms with van der Waals surface area (Å²) in [6.45, 7) is 2.84. The van der Waals surface area contributed by atoms with Crippen LogP contribution < -0.4 is 10.6 Å². The number of benzene rings is 1. The van der Waals surface area contributed by atoms with E-state index in [2.05, 4.69) is 6.92 Å². The molecule has 0 heterocycles. The van der Waals surface area contributed by atoms with E-state index in [4.69, 9.17) is 5.73 Å². The van der Waals surface area contributed by atoms with Crippen molar-refractivity contribution in [3.8, 4) is 0 Å². The minimum atomic E-state index is -0.377. The Bertz CT molecular complexity index is 298. The van der Waals surface area contributed by atoms with E-state index in [9.17, 15) is 4.79 Å². The number of amides is 2. The van der Waals surface area contributed by atoms with Crippen molar-refractivity contribution in [2.24, 2.45) is 5.73 Å². The van der Waals surface area contributed by atoms with Crippen LogP contribution in [-0.4, -0.2) is 12.6 Å².